The fourth-order valence-corrected chi connectivity index (χ4v) is 3.68. The van der Waals surface area contributed by atoms with Gasteiger partial charge in [-0.15, -0.1) is 0 Å². The van der Waals surface area contributed by atoms with Crippen molar-refractivity contribution in [2.24, 2.45) is 10.8 Å². The van der Waals surface area contributed by atoms with Crippen LogP contribution < -0.4 is 5.32 Å². The van der Waals surface area contributed by atoms with Crippen LogP contribution in [0.5, 0.6) is 0 Å². The second-order valence-corrected chi connectivity index (χ2v) is 7.79. The van der Waals surface area contributed by atoms with Crippen molar-refractivity contribution in [1.29, 1.82) is 0 Å². The van der Waals surface area contributed by atoms with E-state index in [1.807, 2.05) is 7.11 Å². The van der Waals surface area contributed by atoms with E-state index in [0.29, 0.717) is 23.0 Å². The van der Waals surface area contributed by atoms with E-state index in [9.17, 15) is 0 Å². The number of methoxy groups -OCH3 is 1. The van der Waals surface area contributed by atoms with E-state index >= 15 is 0 Å². The summed E-state index contributed by atoms with van der Waals surface area (Å²) < 4.78 is 5.54. The van der Waals surface area contributed by atoms with E-state index in [1.54, 1.807) is 0 Å². The first-order valence-electron chi connectivity index (χ1n) is 7.64. The maximum Gasteiger partial charge on any atom is 0.0652 e. The standard InChI is InChI=1S/C16H31NO/c1-15(2)9-6-7-12(8-10-15)17-13-11-14(18-5)16(13,3)4/h12-14,17H,6-11H2,1-5H3. The first kappa shape index (κ1) is 14.3. The molecule has 0 aromatic rings. The number of ether oxygens (including phenoxy) is 1. The highest BCUT2D eigenvalue weighted by Gasteiger charge is 2.49. The van der Waals surface area contributed by atoms with Gasteiger partial charge in [-0.2, -0.15) is 0 Å². The molecule has 0 spiro atoms. The van der Waals surface area contributed by atoms with Gasteiger partial charge in [0.1, 0.15) is 0 Å². The Bertz CT molecular complexity index is 285. The lowest BCUT2D eigenvalue weighted by atomic mass is 9.64. The van der Waals surface area contributed by atoms with Crippen LogP contribution >= 0.6 is 0 Å². The van der Waals surface area contributed by atoms with Crippen LogP contribution in [0, 0.1) is 10.8 Å². The zero-order valence-electron chi connectivity index (χ0n) is 12.9. The molecule has 2 fully saturated rings. The molecule has 0 heterocycles. The third-order valence-electron chi connectivity index (χ3n) is 5.47. The van der Waals surface area contributed by atoms with E-state index in [-0.39, 0.29) is 0 Å². The molecule has 0 aromatic heterocycles. The van der Waals surface area contributed by atoms with E-state index in [4.69, 9.17) is 4.74 Å². The van der Waals surface area contributed by atoms with Crippen molar-refractivity contribution < 1.29 is 4.74 Å². The predicted octanol–water partition coefficient (Wildman–Crippen LogP) is 3.75. The summed E-state index contributed by atoms with van der Waals surface area (Å²) in [7, 11) is 1.84. The second-order valence-electron chi connectivity index (χ2n) is 7.79. The molecule has 0 aliphatic heterocycles. The summed E-state index contributed by atoms with van der Waals surface area (Å²) in [6, 6.07) is 1.38. The van der Waals surface area contributed by atoms with Gasteiger partial charge in [-0.3, -0.25) is 0 Å². The normalized spacial score (nSPS) is 38.8. The van der Waals surface area contributed by atoms with Crippen molar-refractivity contribution in [1.82, 2.24) is 5.32 Å². The quantitative estimate of drug-likeness (QED) is 0.774. The molecule has 0 amide bonds. The van der Waals surface area contributed by atoms with E-state index < -0.39 is 0 Å². The SMILES string of the molecule is COC1CC(NC2CCCC(C)(C)CC2)C1(C)C. The minimum Gasteiger partial charge on any atom is -0.381 e. The molecule has 0 radical (unpaired) electrons. The highest BCUT2D eigenvalue weighted by Crippen LogP contribution is 2.43. The van der Waals surface area contributed by atoms with Crippen molar-refractivity contribution in [2.45, 2.75) is 84.4 Å². The Hall–Kier alpha value is -0.0800. The van der Waals surface area contributed by atoms with Crippen molar-refractivity contribution in [2.75, 3.05) is 7.11 Å². The molecular formula is C16H31NO. The van der Waals surface area contributed by atoms with Crippen LogP contribution in [0.25, 0.3) is 0 Å². The third kappa shape index (κ3) is 2.91. The summed E-state index contributed by atoms with van der Waals surface area (Å²) in [6.07, 6.45) is 8.46. The van der Waals surface area contributed by atoms with Crippen LogP contribution in [0.15, 0.2) is 0 Å². The number of hydrogen-bond acceptors (Lipinski definition) is 2. The molecule has 2 aliphatic carbocycles. The van der Waals surface area contributed by atoms with Crippen molar-refractivity contribution >= 4 is 0 Å². The van der Waals surface area contributed by atoms with Crippen molar-refractivity contribution in [3.8, 4) is 0 Å². The molecule has 2 heteroatoms. The van der Waals surface area contributed by atoms with Gasteiger partial charge in [-0.1, -0.05) is 34.1 Å². The highest BCUT2D eigenvalue weighted by atomic mass is 16.5. The largest absolute Gasteiger partial charge is 0.381 e. The minimum atomic E-state index is 0.302. The van der Waals surface area contributed by atoms with Gasteiger partial charge in [0, 0.05) is 24.6 Å². The molecule has 18 heavy (non-hydrogen) atoms. The van der Waals surface area contributed by atoms with Crippen molar-refractivity contribution in [3.05, 3.63) is 0 Å². The van der Waals surface area contributed by atoms with Crippen LogP contribution in [0.3, 0.4) is 0 Å². The van der Waals surface area contributed by atoms with Gasteiger partial charge in [-0.05, 0) is 37.5 Å². The zero-order valence-corrected chi connectivity index (χ0v) is 12.9. The molecule has 2 rings (SSSR count). The summed E-state index contributed by atoms with van der Waals surface area (Å²) in [5, 5.41) is 3.91. The Labute approximate surface area is 113 Å². The summed E-state index contributed by atoms with van der Waals surface area (Å²) in [5.74, 6) is 0. The second kappa shape index (κ2) is 5.13. The van der Waals surface area contributed by atoms with E-state index in [0.717, 1.165) is 6.04 Å². The zero-order chi connectivity index (χ0) is 13.4. The summed E-state index contributed by atoms with van der Waals surface area (Å²) in [4.78, 5) is 0. The first-order valence-corrected chi connectivity index (χ1v) is 7.64. The van der Waals surface area contributed by atoms with Gasteiger partial charge in [0.05, 0.1) is 6.10 Å². The first-order chi connectivity index (χ1) is 8.35. The fraction of sp³-hybridized carbons (Fsp3) is 1.00. The average Bonchev–Trinajstić information content (AvgIpc) is 2.45. The summed E-state index contributed by atoms with van der Waals surface area (Å²) >= 11 is 0. The maximum atomic E-state index is 5.54. The molecule has 2 saturated carbocycles. The van der Waals surface area contributed by atoms with Gasteiger partial charge in [0.15, 0.2) is 0 Å². The van der Waals surface area contributed by atoms with Crippen LogP contribution in [0.1, 0.15) is 66.2 Å². The Morgan fingerprint density at radius 1 is 1.06 bits per heavy atom. The molecule has 0 aromatic carbocycles. The van der Waals surface area contributed by atoms with Gasteiger partial charge < -0.3 is 10.1 Å². The third-order valence-corrected chi connectivity index (χ3v) is 5.47. The lowest BCUT2D eigenvalue weighted by Gasteiger charge is -2.52. The van der Waals surface area contributed by atoms with E-state index in [1.165, 1.54) is 38.5 Å². The van der Waals surface area contributed by atoms with Crippen LogP contribution in [-0.2, 0) is 4.74 Å². The molecule has 2 aliphatic rings. The Kier molecular flexibility index (Phi) is 4.08. The van der Waals surface area contributed by atoms with Crippen LogP contribution in [0.4, 0.5) is 0 Å². The smallest absolute Gasteiger partial charge is 0.0652 e. The molecule has 0 saturated heterocycles. The minimum absolute atomic E-state index is 0.302. The van der Waals surface area contributed by atoms with Gasteiger partial charge >= 0.3 is 0 Å². The van der Waals surface area contributed by atoms with Gasteiger partial charge in [0.25, 0.3) is 0 Å². The molecule has 2 nitrogen and oxygen atoms in total. The molecule has 3 unspecified atom stereocenters. The fourth-order valence-electron chi connectivity index (χ4n) is 3.68. The Balaban J connectivity index is 1.84. The Morgan fingerprint density at radius 2 is 1.78 bits per heavy atom. The maximum absolute atomic E-state index is 5.54. The number of nitrogens with one attached hydrogen (secondary N) is 1. The van der Waals surface area contributed by atoms with Crippen molar-refractivity contribution in [3.63, 3.8) is 0 Å². The highest BCUT2D eigenvalue weighted by molar-refractivity contribution is 5.03. The molecule has 0 bridgehead atoms. The lowest BCUT2D eigenvalue weighted by molar-refractivity contribution is -0.101. The molecule has 3 atom stereocenters. The monoisotopic (exact) mass is 253 g/mol. The van der Waals surface area contributed by atoms with Gasteiger partial charge in [-0.25, -0.2) is 0 Å². The molecule has 1 N–H and O–H groups in total. The van der Waals surface area contributed by atoms with E-state index in [2.05, 4.69) is 33.0 Å². The summed E-state index contributed by atoms with van der Waals surface area (Å²) in [6.45, 7) is 9.51. The topological polar surface area (TPSA) is 21.3 Å². The average molecular weight is 253 g/mol. The molecular weight excluding hydrogens is 222 g/mol. The molecule has 106 valence electrons. The number of hydrogen-bond donors (Lipinski definition) is 1. The lowest BCUT2D eigenvalue weighted by Crippen LogP contribution is -2.62. The summed E-state index contributed by atoms with van der Waals surface area (Å²) in [5.41, 5.74) is 0.858. The van der Waals surface area contributed by atoms with Gasteiger partial charge in [0.2, 0.25) is 0 Å². The predicted molar refractivity (Wildman–Crippen MR) is 76.8 cm³/mol. The van der Waals surface area contributed by atoms with Crippen LogP contribution in [0.2, 0.25) is 0 Å². The number of rotatable bonds is 3. The van der Waals surface area contributed by atoms with Crippen LogP contribution in [-0.4, -0.2) is 25.3 Å². The Morgan fingerprint density at radius 3 is 2.39 bits per heavy atom.